The highest BCUT2D eigenvalue weighted by molar-refractivity contribution is 5.98. The van der Waals surface area contributed by atoms with Crippen molar-refractivity contribution in [2.45, 2.75) is 19.3 Å². The molecule has 0 aromatic heterocycles. The standard InChI is InChI=1S/C12H13NO2/c1-3-8(2)15-12-10-7-5-4-6-9(10)11(14)13-12/h3-8,12H,1H2,2H3,(H,13,14)/t8-,12-/m1/s1. The first-order chi connectivity index (χ1) is 7.22. The van der Waals surface area contributed by atoms with E-state index < -0.39 is 0 Å². The molecule has 0 spiro atoms. The molecule has 2 atom stereocenters. The van der Waals surface area contributed by atoms with Gasteiger partial charge in [-0.15, -0.1) is 6.58 Å². The van der Waals surface area contributed by atoms with Crippen LogP contribution >= 0.6 is 0 Å². The van der Waals surface area contributed by atoms with E-state index in [1.165, 1.54) is 0 Å². The smallest absolute Gasteiger partial charge is 0.253 e. The topological polar surface area (TPSA) is 38.3 Å². The molecule has 0 saturated heterocycles. The Labute approximate surface area is 88.8 Å². The van der Waals surface area contributed by atoms with Crippen molar-refractivity contribution in [2.75, 3.05) is 0 Å². The molecular formula is C12H13NO2. The SMILES string of the molecule is C=C[C@@H](C)O[C@H]1NC(=O)c2ccccc21. The maximum Gasteiger partial charge on any atom is 0.253 e. The van der Waals surface area contributed by atoms with E-state index in [0.717, 1.165) is 5.56 Å². The van der Waals surface area contributed by atoms with Crippen molar-refractivity contribution >= 4 is 5.91 Å². The molecule has 0 bridgehead atoms. The Morgan fingerprint density at radius 1 is 1.53 bits per heavy atom. The number of hydrogen-bond acceptors (Lipinski definition) is 2. The van der Waals surface area contributed by atoms with Crippen LogP contribution in [-0.2, 0) is 4.74 Å². The number of fused-ring (bicyclic) bond motifs is 1. The molecule has 1 heterocycles. The van der Waals surface area contributed by atoms with Crippen molar-refractivity contribution in [3.63, 3.8) is 0 Å². The van der Waals surface area contributed by atoms with Crippen molar-refractivity contribution < 1.29 is 9.53 Å². The maximum absolute atomic E-state index is 11.5. The van der Waals surface area contributed by atoms with Crippen molar-refractivity contribution in [3.05, 3.63) is 48.0 Å². The fourth-order valence-corrected chi connectivity index (χ4v) is 1.58. The first kappa shape index (κ1) is 9.93. The highest BCUT2D eigenvalue weighted by Gasteiger charge is 2.29. The van der Waals surface area contributed by atoms with E-state index in [4.69, 9.17) is 4.74 Å². The lowest BCUT2D eigenvalue weighted by molar-refractivity contribution is 0.00834. The first-order valence-electron chi connectivity index (χ1n) is 4.90. The second kappa shape index (κ2) is 3.87. The van der Waals surface area contributed by atoms with Gasteiger partial charge < -0.3 is 10.1 Å². The van der Waals surface area contributed by atoms with Crippen LogP contribution in [-0.4, -0.2) is 12.0 Å². The number of benzene rings is 1. The molecular weight excluding hydrogens is 190 g/mol. The van der Waals surface area contributed by atoms with E-state index in [9.17, 15) is 4.79 Å². The zero-order valence-corrected chi connectivity index (χ0v) is 8.57. The van der Waals surface area contributed by atoms with Gasteiger partial charge in [0.25, 0.3) is 5.91 Å². The van der Waals surface area contributed by atoms with Crippen molar-refractivity contribution in [1.29, 1.82) is 0 Å². The van der Waals surface area contributed by atoms with Crippen LogP contribution < -0.4 is 5.32 Å². The van der Waals surface area contributed by atoms with Gasteiger partial charge in [0.1, 0.15) is 0 Å². The van der Waals surface area contributed by atoms with Gasteiger partial charge >= 0.3 is 0 Å². The van der Waals surface area contributed by atoms with Gasteiger partial charge in [-0.05, 0) is 13.0 Å². The van der Waals surface area contributed by atoms with E-state index in [2.05, 4.69) is 11.9 Å². The summed E-state index contributed by atoms with van der Waals surface area (Å²) >= 11 is 0. The fourth-order valence-electron chi connectivity index (χ4n) is 1.58. The lowest BCUT2D eigenvalue weighted by atomic mass is 10.1. The summed E-state index contributed by atoms with van der Waals surface area (Å²) in [6, 6.07) is 7.44. The number of carbonyl (C=O) groups excluding carboxylic acids is 1. The minimum Gasteiger partial charge on any atom is -0.347 e. The number of rotatable bonds is 3. The first-order valence-corrected chi connectivity index (χ1v) is 4.90. The summed E-state index contributed by atoms with van der Waals surface area (Å²) in [7, 11) is 0. The summed E-state index contributed by atoms with van der Waals surface area (Å²) in [5.41, 5.74) is 1.59. The third kappa shape index (κ3) is 1.78. The quantitative estimate of drug-likeness (QED) is 0.763. The van der Waals surface area contributed by atoms with Crippen LogP contribution in [0.5, 0.6) is 0 Å². The summed E-state index contributed by atoms with van der Waals surface area (Å²) < 4.78 is 5.61. The summed E-state index contributed by atoms with van der Waals surface area (Å²) in [4.78, 5) is 11.5. The Morgan fingerprint density at radius 3 is 3.00 bits per heavy atom. The van der Waals surface area contributed by atoms with Gasteiger partial charge in [-0.3, -0.25) is 4.79 Å². The lowest BCUT2D eigenvalue weighted by Gasteiger charge is -2.16. The molecule has 3 heteroatoms. The van der Waals surface area contributed by atoms with Gasteiger partial charge in [0.2, 0.25) is 0 Å². The van der Waals surface area contributed by atoms with Crippen LogP contribution in [0.25, 0.3) is 0 Å². The molecule has 0 aliphatic carbocycles. The molecule has 1 aromatic rings. The molecule has 1 aliphatic heterocycles. The Morgan fingerprint density at radius 2 is 2.27 bits per heavy atom. The molecule has 1 amide bonds. The molecule has 2 rings (SSSR count). The van der Waals surface area contributed by atoms with Gasteiger partial charge in [-0.1, -0.05) is 24.3 Å². The zero-order chi connectivity index (χ0) is 10.8. The van der Waals surface area contributed by atoms with Crippen LogP contribution in [0.2, 0.25) is 0 Å². The fraction of sp³-hybridized carbons (Fsp3) is 0.250. The van der Waals surface area contributed by atoms with Crippen LogP contribution in [0.1, 0.15) is 29.1 Å². The predicted molar refractivity (Wildman–Crippen MR) is 57.4 cm³/mol. The predicted octanol–water partition coefficient (Wildman–Crippen LogP) is 2.02. The van der Waals surface area contributed by atoms with Crippen molar-refractivity contribution in [3.8, 4) is 0 Å². The van der Waals surface area contributed by atoms with E-state index in [0.29, 0.717) is 5.56 Å². The van der Waals surface area contributed by atoms with Crippen molar-refractivity contribution in [2.24, 2.45) is 0 Å². The zero-order valence-electron chi connectivity index (χ0n) is 8.57. The van der Waals surface area contributed by atoms with Gasteiger partial charge in [0.05, 0.1) is 6.10 Å². The van der Waals surface area contributed by atoms with Crippen LogP contribution in [0.3, 0.4) is 0 Å². The Bertz CT molecular complexity index is 400. The average Bonchev–Trinajstić information content (AvgIpc) is 2.57. The van der Waals surface area contributed by atoms with Crippen LogP contribution in [0.15, 0.2) is 36.9 Å². The number of hydrogen-bond donors (Lipinski definition) is 1. The molecule has 0 fully saturated rings. The maximum atomic E-state index is 11.5. The monoisotopic (exact) mass is 203 g/mol. The molecule has 1 aromatic carbocycles. The molecule has 15 heavy (non-hydrogen) atoms. The summed E-state index contributed by atoms with van der Waals surface area (Å²) in [5, 5.41) is 2.78. The largest absolute Gasteiger partial charge is 0.347 e. The molecule has 1 aliphatic rings. The average molecular weight is 203 g/mol. The van der Waals surface area contributed by atoms with E-state index in [1.54, 1.807) is 12.1 Å². The summed E-state index contributed by atoms with van der Waals surface area (Å²) in [6.07, 6.45) is 1.27. The summed E-state index contributed by atoms with van der Waals surface area (Å²) in [6.45, 7) is 5.53. The minimum atomic E-state index is -0.346. The lowest BCUT2D eigenvalue weighted by Crippen LogP contribution is -2.23. The normalized spacial score (nSPS) is 20.6. The molecule has 0 saturated carbocycles. The number of amides is 1. The molecule has 3 nitrogen and oxygen atoms in total. The Kier molecular flexibility index (Phi) is 2.56. The van der Waals surface area contributed by atoms with Crippen molar-refractivity contribution in [1.82, 2.24) is 5.32 Å². The second-order valence-corrected chi connectivity index (χ2v) is 3.52. The minimum absolute atomic E-state index is 0.0770. The summed E-state index contributed by atoms with van der Waals surface area (Å²) in [5.74, 6) is -0.0770. The Hall–Kier alpha value is -1.61. The second-order valence-electron chi connectivity index (χ2n) is 3.52. The number of ether oxygens (including phenoxy) is 1. The Balaban J connectivity index is 2.25. The van der Waals surface area contributed by atoms with Gasteiger partial charge in [-0.2, -0.15) is 0 Å². The molecule has 78 valence electrons. The number of carbonyl (C=O) groups is 1. The highest BCUT2D eigenvalue weighted by atomic mass is 16.5. The number of nitrogens with one attached hydrogen (secondary N) is 1. The third-order valence-electron chi connectivity index (χ3n) is 2.43. The van der Waals surface area contributed by atoms with Gasteiger partial charge in [-0.25, -0.2) is 0 Å². The van der Waals surface area contributed by atoms with E-state index in [-0.39, 0.29) is 18.2 Å². The molecule has 0 radical (unpaired) electrons. The van der Waals surface area contributed by atoms with Crippen LogP contribution in [0.4, 0.5) is 0 Å². The van der Waals surface area contributed by atoms with Gasteiger partial charge in [0.15, 0.2) is 6.23 Å². The van der Waals surface area contributed by atoms with E-state index in [1.807, 2.05) is 25.1 Å². The molecule has 1 N–H and O–H groups in total. The molecule has 0 unspecified atom stereocenters. The van der Waals surface area contributed by atoms with Crippen LogP contribution in [0, 0.1) is 0 Å². The van der Waals surface area contributed by atoms with E-state index >= 15 is 0 Å². The highest BCUT2D eigenvalue weighted by Crippen LogP contribution is 2.26. The van der Waals surface area contributed by atoms with Gasteiger partial charge in [0, 0.05) is 11.1 Å². The third-order valence-corrected chi connectivity index (χ3v) is 2.43.